The van der Waals surface area contributed by atoms with Crippen LogP contribution in [0.1, 0.15) is 22.3 Å². The Balaban J connectivity index is 2.10. The SMILES string of the molecule is C=c1nc2c(c(=O)[nH]1)=NC(c1ccc(C)cc1OC)=C(c1ccc(C)cc1OC)N2. The van der Waals surface area contributed by atoms with Gasteiger partial charge in [0, 0.05) is 11.1 Å². The number of rotatable bonds is 4. The number of ether oxygens (including phenoxy) is 2. The van der Waals surface area contributed by atoms with E-state index in [1.54, 1.807) is 14.2 Å². The number of aromatic amines is 1. The maximum absolute atomic E-state index is 12.5. The molecule has 0 aliphatic carbocycles. The molecule has 0 saturated heterocycles. The highest BCUT2D eigenvalue weighted by Crippen LogP contribution is 2.38. The molecule has 2 N–H and O–H groups in total. The van der Waals surface area contributed by atoms with E-state index in [0.29, 0.717) is 28.7 Å². The normalized spacial score (nSPS) is 12.7. The number of benzene rings is 2. The van der Waals surface area contributed by atoms with Gasteiger partial charge in [-0.3, -0.25) is 4.79 Å². The summed E-state index contributed by atoms with van der Waals surface area (Å²) in [7, 11) is 3.23. The van der Waals surface area contributed by atoms with Gasteiger partial charge in [-0.25, -0.2) is 9.98 Å². The molecule has 7 nitrogen and oxygen atoms in total. The second-order valence-corrected chi connectivity index (χ2v) is 7.08. The number of anilines is 1. The summed E-state index contributed by atoms with van der Waals surface area (Å²) in [5.74, 6) is 1.68. The van der Waals surface area contributed by atoms with E-state index in [0.717, 1.165) is 22.3 Å². The lowest BCUT2D eigenvalue weighted by Crippen LogP contribution is -2.39. The molecule has 1 aromatic heterocycles. The van der Waals surface area contributed by atoms with Gasteiger partial charge in [-0.2, -0.15) is 0 Å². The molecule has 1 aliphatic heterocycles. The molecule has 0 amide bonds. The van der Waals surface area contributed by atoms with Gasteiger partial charge in [0.1, 0.15) is 17.0 Å². The molecule has 0 spiro atoms. The van der Waals surface area contributed by atoms with E-state index >= 15 is 0 Å². The number of hydrogen-bond donors (Lipinski definition) is 2. The lowest BCUT2D eigenvalue weighted by atomic mass is 10.0. The first-order valence-electron chi connectivity index (χ1n) is 9.40. The van der Waals surface area contributed by atoms with Crippen molar-refractivity contribution >= 4 is 23.8 Å². The third kappa shape index (κ3) is 3.34. The molecule has 7 heteroatoms. The fourth-order valence-corrected chi connectivity index (χ4v) is 3.44. The van der Waals surface area contributed by atoms with Crippen molar-refractivity contribution in [1.29, 1.82) is 0 Å². The Hall–Kier alpha value is -3.87. The number of fused-ring (bicyclic) bond motifs is 1. The predicted octanol–water partition coefficient (Wildman–Crippen LogP) is 2.39. The summed E-state index contributed by atoms with van der Waals surface area (Å²) in [4.78, 5) is 24.2. The molecular formula is C23H22N4O3. The summed E-state index contributed by atoms with van der Waals surface area (Å²) < 4.78 is 11.2. The summed E-state index contributed by atoms with van der Waals surface area (Å²) in [6.45, 7) is 7.72. The average Bonchev–Trinajstić information content (AvgIpc) is 2.72. The molecule has 2 heterocycles. The van der Waals surface area contributed by atoms with Crippen molar-refractivity contribution in [2.75, 3.05) is 19.5 Å². The van der Waals surface area contributed by atoms with Crippen LogP contribution in [-0.4, -0.2) is 24.2 Å². The van der Waals surface area contributed by atoms with Gasteiger partial charge in [0.15, 0.2) is 11.2 Å². The minimum Gasteiger partial charge on any atom is -0.496 e. The van der Waals surface area contributed by atoms with Crippen LogP contribution in [0.4, 0.5) is 5.82 Å². The third-order valence-electron chi connectivity index (χ3n) is 4.89. The topological polar surface area (TPSA) is 88.6 Å². The van der Waals surface area contributed by atoms with Crippen LogP contribution in [0.3, 0.4) is 0 Å². The molecule has 30 heavy (non-hydrogen) atoms. The maximum atomic E-state index is 12.5. The van der Waals surface area contributed by atoms with Crippen molar-refractivity contribution in [3.05, 3.63) is 79.8 Å². The van der Waals surface area contributed by atoms with Crippen LogP contribution < -0.4 is 31.2 Å². The van der Waals surface area contributed by atoms with Crippen molar-refractivity contribution in [1.82, 2.24) is 9.97 Å². The van der Waals surface area contributed by atoms with E-state index in [2.05, 4.69) is 21.9 Å². The summed E-state index contributed by atoms with van der Waals surface area (Å²) in [6, 6.07) is 11.7. The molecule has 0 bridgehead atoms. The molecule has 0 radical (unpaired) electrons. The minimum atomic E-state index is -0.365. The zero-order valence-corrected chi connectivity index (χ0v) is 17.3. The first-order chi connectivity index (χ1) is 14.4. The van der Waals surface area contributed by atoms with Crippen molar-refractivity contribution < 1.29 is 9.47 Å². The molecule has 2 aromatic carbocycles. The van der Waals surface area contributed by atoms with Crippen molar-refractivity contribution in [2.24, 2.45) is 4.99 Å². The number of nitrogens with one attached hydrogen (secondary N) is 2. The Labute approximate surface area is 173 Å². The first kappa shape index (κ1) is 19.4. The highest BCUT2D eigenvalue weighted by molar-refractivity contribution is 5.99. The van der Waals surface area contributed by atoms with Crippen molar-refractivity contribution in [3.8, 4) is 11.5 Å². The highest BCUT2D eigenvalue weighted by Gasteiger charge is 2.24. The first-order valence-corrected chi connectivity index (χ1v) is 9.40. The van der Waals surface area contributed by atoms with E-state index in [4.69, 9.17) is 14.5 Å². The van der Waals surface area contributed by atoms with Gasteiger partial charge < -0.3 is 19.8 Å². The van der Waals surface area contributed by atoms with E-state index in [1.807, 2.05) is 50.2 Å². The third-order valence-corrected chi connectivity index (χ3v) is 4.89. The van der Waals surface area contributed by atoms with Crippen LogP contribution in [0, 0.1) is 13.8 Å². The Morgan fingerprint density at radius 2 is 1.53 bits per heavy atom. The molecule has 1 aliphatic rings. The number of hydrogen-bond acceptors (Lipinski definition) is 6. The van der Waals surface area contributed by atoms with Gasteiger partial charge in [-0.05, 0) is 49.2 Å². The molecule has 0 atom stereocenters. The fourth-order valence-electron chi connectivity index (χ4n) is 3.44. The second kappa shape index (κ2) is 7.51. The van der Waals surface area contributed by atoms with Crippen LogP contribution in [0.5, 0.6) is 11.5 Å². The van der Waals surface area contributed by atoms with Crippen LogP contribution in [0.2, 0.25) is 0 Å². The lowest BCUT2D eigenvalue weighted by molar-refractivity contribution is 0.412. The summed E-state index contributed by atoms with van der Waals surface area (Å²) in [5, 5.41) is 3.47. The number of methoxy groups -OCH3 is 2. The summed E-state index contributed by atoms with van der Waals surface area (Å²) >= 11 is 0. The smallest absolute Gasteiger partial charge is 0.279 e. The fraction of sp³-hybridized carbons (Fsp3) is 0.174. The number of aromatic nitrogens is 2. The monoisotopic (exact) mass is 402 g/mol. The molecule has 0 saturated carbocycles. The molecule has 3 aromatic rings. The summed E-state index contributed by atoms with van der Waals surface area (Å²) in [5.41, 5.74) is 4.78. The second-order valence-electron chi connectivity index (χ2n) is 7.08. The van der Waals surface area contributed by atoms with Gasteiger partial charge in [0.05, 0.1) is 25.6 Å². The van der Waals surface area contributed by atoms with E-state index < -0.39 is 0 Å². The van der Waals surface area contributed by atoms with Crippen LogP contribution in [-0.2, 0) is 0 Å². The Morgan fingerprint density at radius 3 is 2.17 bits per heavy atom. The maximum Gasteiger partial charge on any atom is 0.279 e. The number of nitrogens with zero attached hydrogens (tertiary/aromatic N) is 2. The molecule has 152 valence electrons. The number of aryl methyl sites for hydroxylation is 2. The van der Waals surface area contributed by atoms with Crippen molar-refractivity contribution in [2.45, 2.75) is 13.8 Å². The van der Waals surface area contributed by atoms with Crippen LogP contribution in [0.15, 0.2) is 46.2 Å². The van der Waals surface area contributed by atoms with E-state index in [-0.39, 0.29) is 16.4 Å². The predicted molar refractivity (Wildman–Crippen MR) is 117 cm³/mol. The van der Waals surface area contributed by atoms with Gasteiger partial charge >= 0.3 is 0 Å². The quantitative estimate of drug-likeness (QED) is 0.700. The van der Waals surface area contributed by atoms with E-state index in [9.17, 15) is 4.79 Å². The van der Waals surface area contributed by atoms with Gasteiger partial charge in [-0.15, -0.1) is 0 Å². The standard InChI is InChI=1S/C23H22N4O3/c1-12-6-8-15(17(10-12)29-4)19-20(16-9-7-13(2)11-18(16)30-5)27-22-21(26-19)23(28)25-14(3)24-22/h6-11H,3H2,1-2,4-5H3,(H,24,27)(H,25,28). The zero-order chi connectivity index (χ0) is 21.4. The van der Waals surface area contributed by atoms with Crippen molar-refractivity contribution in [3.63, 3.8) is 0 Å². The van der Waals surface area contributed by atoms with E-state index in [1.165, 1.54) is 0 Å². The minimum absolute atomic E-state index is 0.190. The molecule has 0 fully saturated rings. The molecule has 4 rings (SSSR count). The Kier molecular flexibility index (Phi) is 4.87. The van der Waals surface area contributed by atoms with Crippen LogP contribution in [0.25, 0.3) is 18.0 Å². The highest BCUT2D eigenvalue weighted by atomic mass is 16.5. The van der Waals surface area contributed by atoms with Crippen LogP contribution >= 0.6 is 0 Å². The Bertz CT molecular complexity index is 1360. The largest absolute Gasteiger partial charge is 0.496 e. The Morgan fingerprint density at radius 1 is 0.933 bits per heavy atom. The molecule has 0 unspecified atom stereocenters. The lowest BCUT2D eigenvalue weighted by Gasteiger charge is -2.22. The van der Waals surface area contributed by atoms with Gasteiger partial charge in [-0.1, -0.05) is 18.7 Å². The van der Waals surface area contributed by atoms with Gasteiger partial charge in [0.25, 0.3) is 5.56 Å². The average molecular weight is 402 g/mol. The van der Waals surface area contributed by atoms with Gasteiger partial charge in [0.2, 0.25) is 0 Å². The summed E-state index contributed by atoms with van der Waals surface area (Å²) in [6.07, 6.45) is 0. The molecular weight excluding hydrogens is 380 g/mol. The number of H-pyrrole nitrogens is 1. The zero-order valence-electron chi connectivity index (χ0n) is 17.3.